The van der Waals surface area contributed by atoms with Crippen molar-refractivity contribution in [3.8, 4) is 0 Å². The average molecular weight is 487 g/mol. The van der Waals surface area contributed by atoms with Crippen molar-refractivity contribution in [3.05, 3.63) is 11.6 Å². The quantitative estimate of drug-likeness (QED) is 0.569. The maximum atomic E-state index is 13.9. The number of nitrogens with zero attached hydrogens (tertiary/aromatic N) is 1. The molecule has 0 bridgehead atoms. The van der Waals surface area contributed by atoms with Crippen molar-refractivity contribution in [1.82, 2.24) is 10.2 Å². The van der Waals surface area contributed by atoms with Gasteiger partial charge < -0.3 is 14.7 Å². The van der Waals surface area contributed by atoms with E-state index in [0.29, 0.717) is 36.0 Å². The fourth-order valence-electron chi connectivity index (χ4n) is 9.66. The van der Waals surface area contributed by atoms with Crippen molar-refractivity contribution in [3.63, 3.8) is 0 Å². The van der Waals surface area contributed by atoms with E-state index in [-0.39, 0.29) is 46.5 Å². The molecule has 5 rings (SSSR count). The summed E-state index contributed by atoms with van der Waals surface area (Å²) >= 11 is 0. The zero-order chi connectivity index (χ0) is 25.5. The number of hydrogen-bond donors (Lipinski definition) is 2. The summed E-state index contributed by atoms with van der Waals surface area (Å²) in [6, 6.07) is 0.684. The molecule has 0 aromatic heterocycles. The number of nitrogens with one attached hydrogen (secondary N) is 1. The van der Waals surface area contributed by atoms with Gasteiger partial charge in [0.15, 0.2) is 0 Å². The summed E-state index contributed by atoms with van der Waals surface area (Å²) in [6.45, 7) is 14.7. The van der Waals surface area contributed by atoms with Crippen LogP contribution < -0.4 is 5.32 Å². The van der Waals surface area contributed by atoms with Gasteiger partial charge in [-0.3, -0.25) is 10.1 Å². The minimum absolute atomic E-state index is 0.0155. The number of hydrogen-bond acceptors (Lipinski definition) is 5. The van der Waals surface area contributed by atoms with Gasteiger partial charge in [0.25, 0.3) is 0 Å². The molecular formula is C30H50N2O3. The average Bonchev–Trinajstić information content (AvgIpc) is 2.91. The summed E-state index contributed by atoms with van der Waals surface area (Å²) in [5.74, 6) is 1.96. The Morgan fingerprint density at radius 2 is 1.86 bits per heavy atom. The van der Waals surface area contributed by atoms with Crippen molar-refractivity contribution in [1.29, 1.82) is 0 Å². The van der Waals surface area contributed by atoms with Crippen LogP contribution in [0.3, 0.4) is 0 Å². The van der Waals surface area contributed by atoms with E-state index in [1.165, 1.54) is 5.57 Å². The molecule has 8 unspecified atom stereocenters. The maximum absolute atomic E-state index is 13.9. The summed E-state index contributed by atoms with van der Waals surface area (Å²) < 4.78 is 6.38. The second-order valence-corrected chi connectivity index (χ2v) is 14.2. The van der Waals surface area contributed by atoms with Gasteiger partial charge in [-0.25, -0.2) is 0 Å². The molecule has 1 aliphatic heterocycles. The standard InChI is InChI=1S/C30H50N2O3/c1-17(2)27-31-25-12-9-19-13-20-22(11-10-21(19)28(25,4)16-35-27)29(5)15-24(34)26(18(3)32(7)8)30(29,6)14-23(20)33/h9,17-18,20-22,24-27,31,34H,10-16H2,1-8H3/t18?,20?,21-,22?,24-,25?,26?,27?,28+,29?,30?/m1/s1. The van der Waals surface area contributed by atoms with Gasteiger partial charge in [-0.15, -0.1) is 0 Å². The molecule has 4 fully saturated rings. The molecular weight excluding hydrogens is 436 g/mol. The molecule has 0 aromatic carbocycles. The third kappa shape index (κ3) is 3.66. The van der Waals surface area contributed by atoms with Crippen molar-refractivity contribution in [2.45, 2.75) is 104 Å². The number of aliphatic hydroxyl groups is 1. The minimum Gasteiger partial charge on any atom is -0.393 e. The van der Waals surface area contributed by atoms with Crippen molar-refractivity contribution in [2.24, 2.45) is 45.8 Å². The topological polar surface area (TPSA) is 61.8 Å². The molecule has 0 radical (unpaired) electrons. The lowest BCUT2D eigenvalue weighted by Crippen LogP contribution is -2.61. The molecule has 11 atom stereocenters. The zero-order valence-electron chi connectivity index (χ0n) is 23.4. The molecule has 2 N–H and O–H groups in total. The van der Waals surface area contributed by atoms with Gasteiger partial charge in [0.2, 0.25) is 0 Å². The highest BCUT2D eigenvalue weighted by molar-refractivity contribution is 5.84. The number of carbonyl (C=O) groups excluding carboxylic acids is 1. The summed E-state index contributed by atoms with van der Waals surface area (Å²) in [4.78, 5) is 16.1. The SMILES string of the molecule is CC(C)C1NC2CC=C3CC4C(=O)CC5(C)C(C(C)N(C)C)[C@H](O)CC5(C)C4CC[C@H]3[C@]2(C)CO1. The Balaban J connectivity index is 1.46. The number of allylic oxidation sites excluding steroid dienone is 1. The van der Waals surface area contributed by atoms with Gasteiger partial charge in [-0.05, 0) is 81.7 Å². The lowest BCUT2D eigenvalue weighted by atomic mass is 9.48. The second-order valence-electron chi connectivity index (χ2n) is 14.2. The van der Waals surface area contributed by atoms with Crippen LogP contribution in [0.1, 0.15) is 80.1 Å². The van der Waals surface area contributed by atoms with Crippen LogP contribution in [0.4, 0.5) is 0 Å². The fraction of sp³-hybridized carbons (Fsp3) is 0.900. The normalized spacial score (nSPS) is 50.7. The molecule has 3 saturated carbocycles. The molecule has 4 aliphatic carbocycles. The molecule has 0 aromatic rings. The van der Waals surface area contributed by atoms with E-state index in [1.54, 1.807) is 0 Å². The van der Waals surface area contributed by atoms with Crippen LogP contribution >= 0.6 is 0 Å². The lowest BCUT2D eigenvalue weighted by Gasteiger charge is -2.56. The monoisotopic (exact) mass is 486 g/mol. The van der Waals surface area contributed by atoms with Gasteiger partial charge in [0, 0.05) is 35.8 Å². The zero-order valence-corrected chi connectivity index (χ0v) is 23.4. The highest BCUT2D eigenvalue weighted by Gasteiger charge is 2.68. The molecule has 1 heterocycles. The largest absolute Gasteiger partial charge is 0.393 e. The number of Topliss-reactive ketones (excluding diaryl/α,β-unsaturated/α-hetero) is 1. The summed E-state index contributed by atoms with van der Waals surface area (Å²) in [7, 11) is 4.21. The predicted octanol–water partition coefficient (Wildman–Crippen LogP) is 4.64. The van der Waals surface area contributed by atoms with E-state index >= 15 is 0 Å². The van der Waals surface area contributed by atoms with Crippen LogP contribution in [0, 0.1) is 45.8 Å². The van der Waals surface area contributed by atoms with Gasteiger partial charge in [0.1, 0.15) is 12.0 Å². The van der Waals surface area contributed by atoms with Crippen LogP contribution in [0.25, 0.3) is 0 Å². The first-order chi connectivity index (χ1) is 16.3. The van der Waals surface area contributed by atoms with E-state index in [9.17, 15) is 9.90 Å². The Morgan fingerprint density at radius 3 is 2.51 bits per heavy atom. The first-order valence-corrected chi connectivity index (χ1v) is 14.3. The number of rotatable bonds is 3. The fourth-order valence-corrected chi connectivity index (χ4v) is 9.66. The third-order valence-corrected chi connectivity index (χ3v) is 12.1. The van der Waals surface area contributed by atoms with E-state index in [0.717, 1.165) is 38.7 Å². The maximum Gasteiger partial charge on any atom is 0.137 e. The van der Waals surface area contributed by atoms with Crippen molar-refractivity contribution >= 4 is 5.78 Å². The minimum atomic E-state index is -0.343. The van der Waals surface area contributed by atoms with E-state index in [2.05, 4.69) is 71.9 Å². The molecule has 1 saturated heterocycles. The Bertz CT molecular complexity index is 885. The number of ether oxygens (including phenoxy) is 1. The molecule has 198 valence electrons. The molecule has 5 aliphatic rings. The Labute approximate surface area is 213 Å². The Kier molecular flexibility index (Phi) is 6.39. The summed E-state index contributed by atoms with van der Waals surface area (Å²) in [5, 5.41) is 15.2. The van der Waals surface area contributed by atoms with Crippen LogP contribution in [0.15, 0.2) is 11.6 Å². The smallest absolute Gasteiger partial charge is 0.137 e. The van der Waals surface area contributed by atoms with Crippen molar-refractivity contribution < 1.29 is 14.6 Å². The predicted molar refractivity (Wildman–Crippen MR) is 140 cm³/mol. The number of fused-ring (bicyclic) bond motifs is 6. The second kappa shape index (κ2) is 8.64. The molecule has 5 nitrogen and oxygen atoms in total. The Morgan fingerprint density at radius 1 is 1.14 bits per heavy atom. The van der Waals surface area contributed by atoms with Gasteiger partial charge >= 0.3 is 0 Å². The third-order valence-electron chi connectivity index (χ3n) is 12.1. The molecule has 5 heteroatoms. The van der Waals surface area contributed by atoms with Gasteiger partial charge in [-0.1, -0.05) is 46.3 Å². The first kappa shape index (κ1) is 25.9. The van der Waals surface area contributed by atoms with Gasteiger partial charge in [0.05, 0.1) is 12.7 Å². The summed E-state index contributed by atoms with van der Waals surface area (Å²) in [6.07, 6.45) is 7.87. The molecule has 0 spiro atoms. The number of ketones is 1. The highest BCUT2D eigenvalue weighted by atomic mass is 16.5. The lowest BCUT2D eigenvalue weighted by molar-refractivity contribution is -0.147. The number of aliphatic hydroxyl groups excluding tert-OH is 1. The van der Waals surface area contributed by atoms with Crippen molar-refractivity contribution in [2.75, 3.05) is 20.7 Å². The van der Waals surface area contributed by atoms with Crippen LogP contribution in [-0.2, 0) is 9.53 Å². The van der Waals surface area contributed by atoms with E-state index in [4.69, 9.17) is 4.74 Å². The first-order valence-electron chi connectivity index (χ1n) is 14.3. The highest BCUT2D eigenvalue weighted by Crippen LogP contribution is 2.69. The van der Waals surface area contributed by atoms with E-state index < -0.39 is 0 Å². The van der Waals surface area contributed by atoms with E-state index in [1.807, 2.05) is 0 Å². The number of carbonyl (C=O) groups is 1. The molecule has 0 amide bonds. The van der Waals surface area contributed by atoms with Crippen LogP contribution in [0.5, 0.6) is 0 Å². The van der Waals surface area contributed by atoms with Crippen LogP contribution in [-0.4, -0.2) is 60.9 Å². The van der Waals surface area contributed by atoms with Gasteiger partial charge in [-0.2, -0.15) is 0 Å². The Hall–Kier alpha value is -0.750. The van der Waals surface area contributed by atoms with Crippen LogP contribution in [0.2, 0.25) is 0 Å². The summed E-state index contributed by atoms with van der Waals surface area (Å²) in [5.41, 5.74) is 1.41. The molecule has 35 heavy (non-hydrogen) atoms.